The van der Waals surface area contributed by atoms with Gasteiger partial charge in [-0.05, 0) is 39.3 Å². The van der Waals surface area contributed by atoms with Gasteiger partial charge >= 0.3 is 6.09 Å². The molecule has 1 heterocycles. The lowest BCUT2D eigenvalue weighted by atomic mass is 10.2. The number of amides is 1. The summed E-state index contributed by atoms with van der Waals surface area (Å²) in [5.41, 5.74) is 0.387. The zero-order chi connectivity index (χ0) is 15.3. The largest absolute Gasteiger partial charge is 0.493 e. The molecule has 0 aliphatic carbocycles. The van der Waals surface area contributed by atoms with E-state index >= 15 is 0 Å². The maximum Gasteiger partial charge on any atom is 0.415 e. The minimum atomic E-state index is -0.542. The van der Waals surface area contributed by atoms with E-state index < -0.39 is 11.7 Å². The Labute approximate surface area is 120 Å². The highest BCUT2D eigenvalue weighted by Crippen LogP contribution is 2.26. The second kappa shape index (κ2) is 6.59. The van der Waals surface area contributed by atoms with Crippen LogP contribution in [0.2, 0.25) is 0 Å². The van der Waals surface area contributed by atoms with Crippen LogP contribution in [-0.2, 0) is 11.2 Å². The normalized spacial score (nSPS) is 11.1. The molecule has 0 N–H and O–H groups in total. The molecule has 1 rings (SSSR count). The van der Waals surface area contributed by atoms with Crippen molar-refractivity contribution < 1.29 is 14.3 Å². The van der Waals surface area contributed by atoms with Crippen LogP contribution in [0.1, 0.15) is 39.8 Å². The molecule has 112 valence electrons. The molecular formula is C15H24N2O3. The number of aryl methyl sites for hydroxylation is 1. The molecule has 1 aromatic rings. The molecule has 0 atom stereocenters. The third kappa shape index (κ3) is 4.40. The second-order valence-electron chi connectivity index (χ2n) is 5.62. The maximum absolute atomic E-state index is 12.1. The first kappa shape index (κ1) is 16.3. The van der Waals surface area contributed by atoms with Gasteiger partial charge in [0, 0.05) is 12.7 Å². The van der Waals surface area contributed by atoms with Crippen molar-refractivity contribution in [3.05, 3.63) is 17.8 Å². The summed E-state index contributed by atoms with van der Waals surface area (Å²) in [5.74, 6) is 1.03. The Hall–Kier alpha value is -1.78. The van der Waals surface area contributed by atoms with Crippen LogP contribution >= 0.6 is 0 Å². The van der Waals surface area contributed by atoms with Crippen molar-refractivity contribution in [2.45, 2.75) is 46.1 Å². The molecule has 0 radical (unpaired) electrons. The number of aromatic nitrogens is 1. The van der Waals surface area contributed by atoms with Crippen LogP contribution in [0.25, 0.3) is 0 Å². The fraction of sp³-hybridized carbons (Fsp3) is 0.600. The molecule has 0 spiro atoms. The average molecular weight is 280 g/mol. The monoisotopic (exact) mass is 280 g/mol. The van der Waals surface area contributed by atoms with Gasteiger partial charge in [-0.1, -0.05) is 13.3 Å². The first-order valence-corrected chi connectivity index (χ1v) is 6.79. The summed E-state index contributed by atoms with van der Waals surface area (Å²) in [6.07, 6.45) is 1.41. The first-order chi connectivity index (χ1) is 9.28. The van der Waals surface area contributed by atoms with Crippen molar-refractivity contribution in [3.63, 3.8) is 0 Å². The second-order valence-corrected chi connectivity index (χ2v) is 5.62. The maximum atomic E-state index is 12.1. The number of carbonyl (C=O) groups is 1. The molecule has 0 fully saturated rings. The summed E-state index contributed by atoms with van der Waals surface area (Å²) in [6, 6.07) is 3.74. The van der Waals surface area contributed by atoms with Crippen LogP contribution in [0.15, 0.2) is 12.1 Å². The number of anilines is 1. The zero-order valence-electron chi connectivity index (χ0n) is 13.2. The van der Waals surface area contributed by atoms with Crippen molar-refractivity contribution in [2.24, 2.45) is 0 Å². The summed E-state index contributed by atoms with van der Waals surface area (Å²) in [4.78, 5) is 18.0. The van der Waals surface area contributed by atoms with Gasteiger partial charge in [-0.2, -0.15) is 0 Å². The lowest BCUT2D eigenvalue weighted by molar-refractivity contribution is 0.0587. The third-order valence-corrected chi connectivity index (χ3v) is 2.61. The van der Waals surface area contributed by atoms with E-state index in [0.29, 0.717) is 11.6 Å². The highest BCUT2D eigenvalue weighted by atomic mass is 16.6. The van der Waals surface area contributed by atoms with Crippen LogP contribution in [0, 0.1) is 0 Å². The van der Waals surface area contributed by atoms with Gasteiger partial charge < -0.3 is 9.47 Å². The van der Waals surface area contributed by atoms with Gasteiger partial charge in [0.1, 0.15) is 5.60 Å². The van der Waals surface area contributed by atoms with Crippen molar-refractivity contribution >= 4 is 11.9 Å². The quantitative estimate of drug-likeness (QED) is 0.848. The fourth-order valence-electron chi connectivity index (χ4n) is 1.69. The molecule has 20 heavy (non-hydrogen) atoms. The smallest absolute Gasteiger partial charge is 0.415 e. The van der Waals surface area contributed by atoms with Crippen LogP contribution in [0.5, 0.6) is 5.75 Å². The standard InChI is InChI=1S/C15H24N2O3/c1-7-8-11-9-10-12(19-6)13(16-11)17(5)14(18)20-15(2,3)4/h9-10H,7-8H2,1-6H3. The highest BCUT2D eigenvalue weighted by molar-refractivity contribution is 5.87. The minimum Gasteiger partial charge on any atom is -0.493 e. The summed E-state index contributed by atoms with van der Waals surface area (Å²) in [7, 11) is 3.19. The molecular weight excluding hydrogens is 256 g/mol. The van der Waals surface area contributed by atoms with E-state index in [-0.39, 0.29) is 0 Å². The number of ether oxygens (including phenoxy) is 2. The Morgan fingerprint density at radius 2 is 2.00 bits per heavy atom. The van der Waals surface area contributed by atoms with Crippen LogP contribution in [0.4, 0.5) is 10.6 Å². The third-order valence-electron chi connectivity index (χ3n) is 2.61. The van der Waals surface area contributed by atoms with E-state index in [9.17, 15) is 4.79 Å². The number of nitrogens with zero attached hydrogens (tertiary/aromatic N) is 2. The van der Waals surface area contributed by atoms with E-state index in [2.05, 4.69) is 11.9 Å². The topological polar surface area (TPSA) is 51.7 Å². The van der Waals surface area contributed by atoms with Crippen molar-refractivity contribution in [1.82, 2.24) is 4.98 Å². The number of rotatable bonds is 4. The van der Waals surface area contributed by atoms with E-state index in [1.54, 1.807) is 14.2 Å². The van der Waals surface area contributed by atoms with Crippen LogP contribution in [-0.4, -0.2) is 30.8 Å². The van der Waals surface area contributed by atoms with Crippen LogP contribution in [0.3, 0.4) is 0 Å². The summed E-state index contributed by atoms with van der Waals surface area (Å²) >= 11 is 0. The predicted octanol–water partition coefficient (Wildman–Crippen LogP) is 3.41. The number of methoxy groups -OCH3 is 1. The lowest BCUT2D eigenvalue weighted by Crippen LogP contribution is -2.34. The summed E-state index contributed by atoms with van der Waals surface area (Å²) in [6.45, 7) is 7.58. The van der Waals surface area contributed by atoms with Gasteiger partial charge in [0.15, 0.2) is 11.6 Å². The average Bonchev–Trinajstić information content (AvgIpc) is 2.36. The van der Waals surface area contributed by atoms with Gasteiger partial charge in [0.25, 0.3) is 0 Å². The highest BCUT2D eigenvalue weighted by Gasteiger charge is 2.23. The molecule has 0 saturated heterocycles. The van der Waals surface area contributed by atoms with Gasteiger partial charge in [-0.25, -0.2) is 9.78 Å². The molecule has 1 aromatic heterocycles. The Morgan fingerprint density at radius 3 is 2.50 bits per heavy atom. The zero-order valence-corrected chi connectivity index (χ0v) is 13.2. The molecule has 1 amide bonds. The van der Waals surface area contributed by atoms with E-state index in [1.807, 2.05) is 32.9 Å². The Bertz CT molecular complexity index is 467. The predicted molar refractivity (Wildman–Crippen MR) is 79.4 cm³/mol. The number of hydrogen-bond acceptors (Lipinski definition) is 4. The van der Waals surface area contributed by atoms with Gasteiger partial charge in [-0.15, -0.1) is 0 Å². The van der Waals surface area contributed by atoms with Crippen molar-refractivity contribution in [1.29, 1.82) is 0 Å². The van der Waals surface area contributed by atoms with Crippen molar-refractivity contribution in [3.8, 4) is 5.75 Å². The molecule has 0 bridgehead atoms. The summed E-state index contributed by atoms with van der Waals surface area (Å²) in [5, 5.41) is 0. The van der Waals surface area contributed by atoms with Crippen molar-refractivity contribution in [2.75, 3.05) is 19.1 Å². The minimum absolute atomic E-state index is 0.447. The molecule has 0 unspecified atom stereocenters. The van der Waals surface area contributed by atoms with Crippen LogP contribution < -0.4 is 9.64 Å². The molecule has 0 aromatic carbocycles. The molecule has 5 nitrogen and oxygen atoms in total. The molecule has 5 heteroatoms. The van der Waals surface area contributed by atoms with Gasteiger partial charge in [0.05, 0.1) is 7.11 Å². The summed E-state index contributed by atoms with van der Waals surface area (Å²) < 4.78 is 10.6. The van der Waals surface area contributed by atoms with Gasteiger partial charge in [0.2, 0.25) is 0 Å². The SMILES string of the molecule is CCCc1ccc(OC)c(N(C)C(=O)OC(C)(C)C)n1. The number of carbonyl (C=O) groups excluding carboxylic acids is 1. The molecule has 0 aliphatic rings. The number of hydrogen-bond donors (Lipinski definition) is 0. The Kier molecular flexibility index (Phi) is 5.36. The molecule has 0 saturated carbocycles. The first-order valence-electron chi connectivity index (χ1n) is 6.79. The van der Waals surface area contributed by atoms with E-state index in [4.69, 9.17) is 9.47 Å². The van der Waals surface area contributed by atoms with E-state index in [1.165, 1.54) is 4.90 Å². The Balaban J connectivity index is 3.03. The molecule has 0 aliphatic heterocycles. The van der Waals surface area contributed by atoms with E-state index in [0.717, 1.165) is 18.5 Å². The number of pyridine rings is 1. The lowest BCUT2D eigenvalue weighted by Gasteiger charge is -2.25. The Morgan fingerprint density at radius 1 is 1.35 bits per heavy atom. The van der Waals surface area contributed by atoms with Gasteiger partial charge in [-0.3, -0.25) is 4.90 Å². The fourth-order valence-corrected chi connectivity index (χ4v) is 1.69.